The molecule has 0 radical (unpaired) electrons. The summed E-state index contributed by atoms with van der Waals surface area (Å²) >= 11 is 6.46. The number of hydrogen-bond acceptors (Lipinski definition) is 7. The number of hydrogen-bond donors (Lipinski definition) is 0. The third kappa shape index (κ3) is 4.78. The Balaban J connectivity index is 1.38. The lowest BCUT2D eigenvalue weighted by molar-refractivity contribution is -0.160. The number of halogens is 1. The molecular formula is C25H29ClN4O4. The first-order valence-electron chi connectivity index (χ1n) is 11.7. The number of benzene rings is 1. The van der Waals surface area contributed by atoms with Crippen LogP contribution in [-0.2, 0) is 24.7 Å². The van der Waals surface area contributed by atoms with Crippen LogP contribution in [0.4, 0.5) is 5.95 Å². The number of amides is 1. The lowest BCUT2D eigenvalue weighted by atomic mass is 9.74. The van der Waals surface area contributed by atoms with Crippen molar-refractivity contribution in [2.24, 2.45) is 5.92 Å². The summed E-state index contributed by atoms with van der Waals surface area (Å²) in [7, 11) is 1.60. The predicted octanol–water partition coefficient (Wildman–Crippen LogP) is 3.39. The fourth-order valence-corrected chi connectivity index (χ4v) is 5.25. The number of esters is 1. The predicted molar refractivity (Wildman–Crippen MR) is 127 cm³/mol. The monoisotopic (exact) mass is 484 g/mol. The van der Waals surface area contributed by atoms with Crippen molar-refractivity contribution in [3.8, 4) is 0 Å². The number of carbonyl (C=O) groups excluding carboxylic acids is 3. The highest BCUT2D eigenvalue weighted by Crippen LogP contribution is 2.42. The van der Waals surface area contributed by atoms with Crippen LogP contribution in [0, 0.1) is 5.92 Å². The first kappa shape index (κ1) is 24.1. The van der Waals surface area contributed by atoms with Gasteiger partial charge in [-0.2, -0.15) is 0 Å². The van der Waals surface area contributed by atoms with Gasteiger partial charge in [0.2, 0.25) is 5.95 Å². The molecule has 9 heteroatoms. The quantitative estimate of drug-likeness (QED) is 0.580. The van der Waals surface area contributed by atoms with Gasteiger partial charge in [0.05, 0.1) is 5.92 Å². The minimum absolute atomic E-state index is 0.0375. The zero-order valence-electron chi connectivity index (χ0n) is 19.3. The first-order valence-corrected chi connectivity index (χ1v) is 12.0. The highest BCUT2D eigenvalue weighted by atomic mass is 35.5. The van der Waals surface area contributed by atoms with Crippen molar-refractivity contribution in [1.29, 1.82) is 0 Å². The van der Waals surface area contributed by atoms with E-state index in [2.05, 4.69) is 9.97 Å². The molecule has 2 fully saturated rings. The number of anilines is 1. The van der Waals surface area contributed by atoms with E-state index in [1.807, 2.05) is 11.0 Å². The van der Waals surface area contributed by atoms with Crippen molar-refractivity contribution >= 4 is 35.2 Å². The Bertz CT molecular complexity index is 1040. The zero-order valence-corrected chi connectivity index (χ0v) is 20.0. The number of rotatable bonds is 6. The Morgan fingerprint density at radius 3 is 2.53 bits per heavy atom. The van der Waals surface area contributed by atoms with Crippen LogP contribution in [0.25, 0.3) is 0 Å². The number of likely N-dealkylation sites (N-methyl/N-ethyl adjacent to an activating group) is 1. The summed E-state index contributed by atoms with van der Waals surface area (Å²) in [5, 5.41) is 0.448. The molecule has 2 aliphatic rings. The van der Waals surface area contributed by atoms with Crippen molar-refractivity contribution in [3.63, 3.8) is 0 Å². The van der Waals surface area contributed by atoms with Crippen LogP contribution in [0.1, 0.15) is 44.1 Å². The van der Waals surface area contributed by atoms with Gasteiger partial charge in [-0.05, 0) is 44.2 Å². The van der Waals surface area contributed by atoms with Crippen LogP contribution in [0.15, 0.2) is 42.7 Å². The summed E-state index contributed by atoms with van der Waals surface area (Å²) in [6.45, 7) is 0.875. The molecule has 1 aliphatic heterocycles. The summed E-state index contributed by atoms with van der Waals surface area (Å²) in [5.74, 6) is -0.486. The second-order valence-electron chi connectivity index (χ2n) is 8.84. The normalized spacial score (nSPS) is 21.2. The molecule has 8 nitrogen and oxygen atoms in total. The van der Waals surface area contributed by atoms with E-state index >= 15 is 0 Å². The molecule has 2 aromatic rings. The maximum absolute atomic E-state index is 13.2. The molecule has 0 bridgehead atoms. The van der Waals surface area contributed by atoms with Gasteiger partial charge in [0.25, 0.3) is 5.91 Å². The van der Waals surface area contributed by atoms with Crippen molar-refractivity contribution in [1.82, 2.24) is 14.9 Å². The largest absolute Gasteiger partial charge is 0.455 e. The van der Waals surface area contributed by atoms with E-state index in [9.17, 15) is 14.4 Å². The average molecular weight is 485 g/mol. The van der Waals surface area contributed by atoms with Gasteiger partial charge < -0.3 is 14.5 Å². The average Bonchev–Trinajstić information content (AvgIpc) is 2.88. The molecule has 1 saturated carbocycles. The molecule has 34 heavy (non-hydrogen) atoms. The second kappa shape index (κ2) is 10.5. The van der Waals surface area contributed by atoms with Crippen molar-refractivity contribution in [3.05, 3.63) is 53.3 Å². The highest BCUT2D eigenvalue weighted by molar-refractivity contribution is 6.31. The summed E-state index contributed by atoms with van der Waals surface area (Å²) in [4.78, 5) is 50.9. The minimum atomic E-state index is -1.14. The fraction of sp³-hybridized carbons (Fsp3) is 0.480. The molecule has 1 amide bonds. The third-order valence-corrected chi connectivity index (χ3v) is 7.25. The molecule has 4 rings (SSSR count). The van der Waals surface area contributed by atoms with Crippen LogP contribution in [0.2, 0.25) is 5.02 Å². The van der Waals surface area contributed by atoms with Crippen LogP contribution in [-0.4, -0.2) is 59.3 Å². The summed E-state index contributed by atoms with van der Waals surface area (Å²) in [6.07, 6.45) is 7.05. The molecule has 2 heterocycles. The van der Waals surface area contributed by atoms with E-state index in [0.29, 0.717) is 55.3 Å². The molecule has 180 valence electrons. The topological polar surface area (TPSA) is 92.7 Å². The Labute approximate surface area is 204 Å². The summed E-state index contributed by atoms with van der Waals surface area (Å²) in [5.41, 5.74) is -0.514. The number of Topliss-reactive ketones (excluding diaryl/α,β-unsaturated/α-hetero) is 1. The van der Waals surface area contributed by atoms with Gasteiger partial charge in [-0.1, -0.05) is 29.8 Å². The van der Waals surface area contributed by atoms with E-state index in [1.165, 1.54) is 4.90 Å². The van der Waals surface area contributed by atoms with Crippen LogP contribution >= 0.6 is 11.6 Å². The molecule has 1 atom stereocenters. The van der Waals surface area contributed by atoms with Crippen LogP contribution < -0.4 is 4.90 Å². The summed E-state index contributed by atoms with van der Waals surface area (Å²) < 4.78 is 5.42. The Morgan fingerprint density at radius 1 is 1.15 bits per heavy atom. The Morgan fingerprint density at radius 2 is 1.85 bits per heavy atom. The number of aromatic nitrogens is 2. The smallest absolute Gasteiger partial charge is 0.309 e. The van der Waals surface area contributed by atoms with Crippen molar-refractivity contribution in [2.45, 2.75) is 44.1 Å². The SMILES string of the molecule is CN(C(=O)COC(=O)C1CCN(c2ncccn2)CC1)C1(c2ccccc2Cl)CCCCC1=O. The lowest BCUT2D eigenvalue weighted by Gasteiger charge is -2.43. The molecular weight excluding hydrogens is 456 g/mol. The molecule has 0 N–H and O–H groups in total. The first-order chi connectivity index (χ1) is 16.4. The van der Waals surface area contributed by atoms with Crippen molar-refractivity contribution in [2.75, 3.05) is 31.6 Å². The maximum atomic E-state index is 13.2. The highest BCUT2D eigenvalue weighted by Gasteiger charge is 2.48. The van der Waals surface area contributed by atoms with E-state index in [4.69, 9.17) is 16.3 Å². The van der Waals surface area contributed by atoms with Gasteiger partial charge in [-0.15, -0.1) is 0 Å². The van der Waals surface area contributed by atoms with E-state index in [-0.39, 0.29) is 11.7 Å². The molecule has 1 aromatic heterocycles. The summed E-state index contributed by atoms with van der Waals surface area (Å²) in [6, 6.07) is 8.90. The van der Waals surface area contributed by atoms with Crippen molar-refractivity contribution < 1.29 is 19.1 Å². The molecule has 0 spiro atoms. The number of ether oxygens (including phenoxy) is 1. The Hall–Kier alpha value is -3.00. The minimum Gasteiger partial charge on any atom is -0.455 e. The van der Waals surface area contributed by atoms with Crippen LogP contribution in [0.5, 0.6) is 0 Å². The van der Waals surface area contributed by atoms with Gasteiger partial charge in [-0.25, -0.2) is 9.97 Å². The standard InChI is InChI=1S/C25H29ClN4O4/c1-29(25(12-5-4-9-21(25)31)19-7-2-3-8-20(19)26)22(32)17-34-23(33)18-10-15-30(16-11-18)24-27-13-6-14-28-24/h2-3,6-8,13-14,18H,4-5,9-12,15-17H2,1H3. The molecule has 1 unspecified atom stereocenters. The third-order valence-electron chi connectivity index (χ3n) is 6.92. The van der Waals surface area contributed by atoms with Crippen LogP contribution in [0.3, 0.4) is 0 Å². The number of ketones is 1. The maximum Gasteiger partial charge on any atom is 0.309 e. The zero-order chi connectivity index (χ0) is 24.1. The van der Waals surface area contributed by atoms with E-state index < -0.39 is 24.0 Å². The number of carbonyl (C=O) groups is 3. The second-order valence-corrected chi connectivity index (χ2v) is 9.25. The van der Waals surface area contributed by atoms with E-state index in [1.54, 1.807) is 43.7 Å². The number of piperidine rings is 1. The number of nitrogens with zero attached hydrogens (tertiary/aromatic N) is 4. The van der Waals surface area contributed by atoms with Gasteiger partial charge in [0.1, 0.15) is 5.54 Å². The molecule has 1 aromatic carbocycles. The van der Waals surface area contributed by atoms with Gasteiger partial charge in [0.15, 0.2) is 12.4 Å². The molecule has 1 aliphatic carbocycles. The Kier molecular flexibility index (Phi) is 7.46. The van der Waals surface area contributed by atoms with Gasteiger partial charge in [-0.3, -0.25) is 14.4 Å². The van der Waals surface area contributed by atoms with E-state index in [0.717, 1.165) is 12.8 Å². The fourth-order valence-electron chi connectivity index (χ4n) is 4.96. The van der Waals surface area contributed by atoms with Gasteiger partial charge in [0, 0.05) is 49.5 Å². The van der Waals surface area contributed by atoms with Gasteiger partial charge >= 0.3 is 5.97 Å². The molecule has 1 saturated heterocycles. The lowest BCUT2D eigenvalue weighted by Crippen LogP contribution is -2.55.